The molecule has 5 amide bonds. The molecule has 1 fully saturated rings. The van der Waals surface area contributed by atoms with Crippen LogP contribution in [-0.4, -0.2) is 41.8 Å². The molecule has 0 saturated carbocycles. The minimum Gasteiger partial charge on any atom is -0.493 e. The number of anilines is 1. The summed E-state index contributed by atoms with van der Waals surface area (Å²) in [6, 6.07) is 9.22. The lowest BCUT2D eigenvalue weighted by Gasteiger charge is -2.29. The molecule has 9 nitrogen and oxygen atoms in total. The van der Waals surface area contributed by atoms with Crippen molar-refractivity contribution in [2.45, 2.75) is 32.0 Å². The first-order valence-electron chi connectivity index (χ1n) is 10.0. The van der Waals surface area contributed by atoms with Gasteiger partial charge in [-0.2, -0.15) is 0 Å². The van der Waals surface area contributed by atoms with Crippen LogP contribution in [0, 0.1) is 0 Å². The van der Waals surface area contributed by atoms with E-state index >= 15 is 0 Å². The van der Waals surface area contributed by atoms with Crippen molar-refractivity contribution in [1.29, 1.82) is 0 Å². The summed E-state index contributed by atoms with van der Waals surface area (Å²) in [7, 11) is 1.47. The molecule has 166 valence electrons. The zero-order valence-corrected chi connectivity index (χ0v) is 18.0. The van der Waals surface area contributed by atoms with Gasteiger partial charge in [-0.15, -0.1) is 0 Å². The van der Waals surface area contributed by atoms with Crippen LogP contribution in [0.1, 0.15) is 34.3 Å². The summed E-state index contributed by atoms with van der Waals surface area (Å²) in [5.74, 6) is -0.636. The maximum atomic E-state index is 12.8. The molecule has 4 rings (SSSR count). The normalized spacial score (nSPS) is 17.6. The SMILES string of the molecule is COc1c(Cl)cccc1NC(=O)NCc1ccc2c(c1)CN(C1CCC(=O)NC1=O)C2=O. The predicted octanol–water partition coefficient (Wildman–Crippen LogP) is 2.43. The Morgan fingerprint density at radius 3 is 2.81 bits per heavy atom. The van der Waals surface area contributed by atoms with E-state index in [2.05, 4.69) is 16.0 Å². The Morgan fingerprint density at radius 2 is 2.06 bits per heavy atom. The number of hydrogen-bond donors (Lipinski definition) is 3. The van der Waals surface area contributed by atoms with Gasteiger partial charge in [0.05, 0.1) is 17.8 Å². The fraction of sp³-hybridized carbons (Fsp3) is 0.273. The molecule has 1 atom stereocenters. The highest BCUT2D eigenvalue weighted by Gasteiger charge is 2.39. The fourth-order valence-electron chi connectivity index (χ4n) is 3.90. The third-order valence-corrected chi connectivity index (χ3v) is 5.76. The minimum absolute atomic E-state index is 0.207. The van der Waals surface area contributed by atoms with Crippen LogP contribution in [0.15, 0.2) is 36.4 Å². The minimum atomic E-state index is -0.660. The van der Waals surface area contributed by atoms with E-state index in [1.54, 1.807) is 30.3 Å². The van der Waals surface area contributed by atoms with Crippen molar-refractivity contribution < 1.29 is 23.9 Å². The molecule has 2 aliphatic rings. The number of ether oxygens (including phenoxy) is 1. The van der Waals surface area contributed by atoms with Crippen LogP contribution in [0.4, 0.5) is 10.5 Å². The molecule has 10 heteroatoms. The molecule has 3 N–H and O–H groups in total. The van der Waals surface area contributed by atoms with E-state index in [9.17, 15) is 19.2 Å². The predicted molar refractivity (Wildman–Crippen MR) is 116 cm³/mol. The van der Waals surface area contributed by atoms with Gasteiger partial charge < -0.3 is 20.3 Å². The monoisotopic (exact) mass is 456 g/mol. The summed E-state index contributed by atoms with van der Waals surface area (Å²) in [5, 5.41) is 8.12. The summed E-state index contributed by atoms with van der Waals surface area (Å²) in [6.45, 7) is 0.509. The number of methoxy groups -OCH3 is 1. The average Bonchev–Trinajstić information content (AvgIpc) is 3.08. The molecule has 2 heterocycles. The van der Waals surface area contributed by atoms with E-state index in [1.807, 2.05) is 6.07 Å². The number of hydrogen-bond acceptors (Lipinski definition) is 5. The van der Waals surface area contributed by atoms with Crippen LogP contribution in [0.3, 0.4) is 0 Å². The van der Waals surface area contributed by atoms with Gasteiger partial charge in [0.25, 0.3) is 5.91 Å². The standard InChI is InChI=1S/C22H21ClN4O5/c1-32-19-15(23)3-2-4-16(19)25-22(31)24-10-12-5-6-14-13(9-12)11-27(21(14)30)17-7-8-18(28)26-20(17)29/h2-6,9,17H,7-8,10-11H2,1H3,(H2,24,25,31)(H,26,28,29). The highest BCUT2D eigenvalue weighted by molar-refractivity contribution is 6.32. The lowest BCUT2D eigenvalue weighted by atomic mass is 10.0. The Bertz CT molecular complexity index is 1120. The Morgan fingerprint density at radius 1 is 1.25 bits per heavy atom. The van der Waals surface area contributed by atoms with Crippen molar-refractivity contribution in [3.8, 4) is 5.75 Å². The van der Waals surface area contributed by atoms with E-state index in [1.165, 1.54) is 12.0 Å². The molecule has 0 radical (unpaired) electrons. The molecule has 0 aromatic heterocycles. The van der Waals surface area contributed by atoms with Gasteiger partial charge in [0.1, 0.15) is 6.04 Å². The number of rotatable bonds is 5. The number of halogens is 1. The topological polar surface area (TPSA) is 117 Å². The van der Waals surface area contributed by atoms with Crippen molar-refractivity contribution in [3.63, 3.8) is 0 Å². The molecule has 2 aliphatic heterocycles. The first-order chi connectivity index (χ1) is 15.4. The number of amides is 5. The molecule has 1 unspecified atom stereocenters. The number of piperidine rings is 1. The first kappa shape index (κ1) is 21.6. The second-order valence-electron chi connectivity index (χ2n) is 7.52. The second kappa shape index (κ2) is 8.88. The zero-order valence-electron chi connectivity index (χ0n) is 17.2. The van der Waals surface area contributed by atoms with E-state index in [0.29, 0.717) is 28.4 Å². The molecule has 1 saturated heterocycles. The van der Waals surface area contributed by atoms with Gasteiger partial charge in [0.2, 0.25) is 11.8 Å². The van der Waals surface area contributed by atoms with Crippen molar-refractivity contribution in [1.82, 2.24) is 15.5 Å². The Labute approximate surface area is 189 Å². The summed E-state index contributed by atoms with van der Waals surface area (Å²) >= 11 is 6.07. The third-order valence-electron chi connectivity index (χ3n) is 5.46. The number of nitrogens with zero attached hydrogens (tertiary/aromatic N) is 1. The molecule has 0 spiro atoms. The van der Waals surface area contributed by atoms with Gasteiger partial charge in [-0.05, 0) is 35.7 Å². The van der Waals surface area contributed by atoms with E-state index in [4.69, 9.17) is 16.3 Å². The molecule has 0 aliphatic carbocycles. The molecule has 2 aromatic rings. The van der Waals surface area contributed by atoms with Gasteiger partial charge in [-0.3, -0.25) is 19.7 Å². The van der Waals surface area contributed by atoms with Crippen LogP contribution in [0.25, 0.3) is 0 Å². The van der Waals surface area contributed by atoms with Crippen LogP contribution in [-0.2, 0) is 22.7 Å². The Balaban J connectivity index is 1.39. The largest absolute Gasteiger partial charge is 0.493 e. The number of para-hydroxylation sites is 1. The van der Waals surface area contributed by atoms with Crippen LogP contribution in [0.2, 0.25) is 5.02 Å². The number of urea groups is 1. The second-order valence-corrected chi connectivity index (χ2v) is 7.93. The number of carbonyl (C=O) groups excluding carboxylic acids is 4. The van der Waals surface area contributed by atoms with Gasteiger partial charge in [-0.25, -0.2) is 4.79 Å². The highest BCUT2D eigenvalue weighted by atomic mass is 35.5. The number of carbonyl (C=O) groups is 4. The van der Waals surface area contributed by atoms with Crippen LogP contribution in [0.5, 0.6) is 5.75 Å². The number of benzene rings is 2. The Hall–Kier alpha value is -3.59. The molecular weight excluding hydrogens is 436 g/mol. The fourth-order valence-corrected chi connectivity index (χ4v) is 4.15. The van der Waals surface area contributed by atoms with Crippen molar-refractivity contribution in [2.24, 2.45) is 0 Å². The third kappa shape index (κ3) is 4.24. The smallest absolute Gasteiger partial charge is 0.319 e. The summed E-state index contributed by atoms with van der Waals surface area (Å²) < 4.78 is 5.22. The molecule has 2 aromatic carbocycles. The average molecular weight is 457 g/mol. The lowest BCUT2D eigenvalue weighted by Crippen LogP contribution is -2.52. The Kier molecular flexibility index (Phi) is 6.00. The van der Waals surface area contributed by atoms with Gasteiger partial charge in [0.15, 0.2) is 5.75 Å². The van der Waals surface area contributed by atoms with Gasteiger partial charge >= 0.3 is 6.03 Å². The van der Waals surface area contributed by atoms with Crippen molar-refractivity contribution in [2.75, 3.05) is 12.4 Å². The summed E-state index contributed by atoms with van der Waals surface area (Å²) in [5.41, 5.74) is 2.54. The quantitative estimate of drug-likeness (QED) is 0.597. The molecule has 0 bridgehead atoms. The van der Waals surface area contributed by atoms with Gasteiger partial charge in [-0.1, -0.05) is 29.8 Å². The molecule has 32 heavy (non-hydrogen) atoms. The number of imide groups is 1. The first-order valence-corrected chi connectivity index (χ1v) is 10.4. The zero-order chi connectivity index (χ0) is 22.8. The number of nitrogens with one attached hydrogen (secondary N) is 3. The summed E-state index contributed by atoms with van der Waals surface area (Å²) in [6.07, 6.45) is 0.518. The van der Waals surface area contributed by atoms with E-state index in [0.717, 1.165) is 11.1 Å². The van der Waals surface area contributed by atoms with Crippen molar-refractivity contribution >= 4 is 41.0 Å². The lowest BCUT2D eigenvalue weighted by molar-refractivity contribution is -0.136. The molecular formula is C22H21ClN4O5. The van der Waals surface area contributed by atoms with Crippen LogP contribution < -0.4 is 20.7 Å². The maximum Gasteiger partial charge on any atom is 0.319 e. The maximum absolute atomic E-state index is 12.8. The van der Waals surface area contributed by atoms with Gasteiger partial charge in [0, 0.05) is 25.1 Å². The highest BCUT2D eigenvalue weighted by Crippen LogP contribution is 2.32. The summed E-state index contributed by atoms with van der Waals surface area (Å²) in [4.78, 5) is 50.1. The van der Waals surface area contributed by atoms with Crippen LogP contribution >= 0.6 is 11.6 Å². The van der Waals surface area contributed by atoms with E-state index < -0.39 is 18.0 Å². The van der Waals surface area contributed by atoms with Crippen molar-refractivity contribution in [3.05, 3.63) is 58.1 Å². The van der Waals surface area contributed by atoms with E-state index in [-0.39, 0.29) is 31.3 Å². The number of fused-ring (bicyclic) bond motifs is 1.